The second-order valence-corrected chi connectivity index (χ2v) is 5.29. The minimum atomic E-state index is -0.212. The number of benzene rings is 1. The number of hydrogen-bond acceptors (Lipinski definition) is 4. The van der Waals surface area contributed by atoms with E-state index in [1.54, 1.807) is 13.1 Å². The molecule has 0 saturated heterocycles. The lowest BCUT2D eigenvalue weighted by atomic mass is 10.0. The molecule has 108 valence electrons. The maximum atomic E-state index is 12.5. The van der Waals surface area contributed by atoms with E-state index >= 15 is 0 Å². The van der Waals surface area contributed by atoms with Gasteiger partial charge in [-0.15, -0.1) is 0 Å². The van der Waals surface area contributed by atoms with E-state index < -0.39 is 0 Å². The van der Waals surface area contributed by atoms with Crippen LogP contribution >= 0.6 is 0 Å². The van der Waals surface area contributed by atoms with Crippen molar-refractivity contribution in [2.75, 3.05) is 5.32 Å². The molecule has 3 rings (SSSR count). The van der Waals surface area contributed by atoms with Gasteiger partial charge in [-0.25, -0.2) is 0 Å². The van der Waals surface area contributed by atoms with Crippen LogP contribution in [0.3, 0.4) is 0 Å². The van der Waals surface area contributed by atoms with E-state index in [0.29, 0.717) is 22.7 Å². The molecule has 0 aliphatic rings. The number of rotatable bonds is 3. The van der Waals surface area contributed by atoms with Crippen LogP contribution in [-0.2, 0) is 0 Å². The Morgan fingerprint density at radius 3 is 2.95 bits per heavy atom. The Bertz CT molecular complexity index is 801. The number of nitrogens with one attached hydrogen (secondary N) is 2. The van der Waals surface area contributed by atoms with Crippen molar-refractivity contribution in [3.63, 3.8) is 0 Å². The average Bonchev–Trinajstić information content (AvgIpc) is 3.04. The van der Waals surface area contributed by atoms with Crippen LogP contribution in [0, 0.1) is 6.92 Å². The van der Waals surface area contributed by atoms with Gasteiger partial charge in [0.15, 0.2) is 5.76 Å². The number of aromatic nitrogens is 3. The predicted molar refractivity (Wildman–Crippen MR) is 79.4 cm³/mol. The molecule has 21 heavy (non-hydrogen) atoms. The van der Waals surface area contributed by atoms with E-state index in [-0.39, 0.29) is 11.8 Å². The molecule has 6 heteroatoms. The van der Waals surface area contributed by atoms with Gasteiger partial charge in [-0.05, 0) is 25.1 Å². The van der Waals surface area contributed by atoms with Gasteiger partial charge in [-0.3, -0.25) is 9.89 Å². The Morgan fingerprint density at radius 1 is 1.38 bits per heavy atom. The van der Waals surface area contributed by atoms with E-state index in [9.17, 15) is 4.79 Å². The van der Waals surface area contributed by atoms with Crippen molar-refractivity contribution >= 4 is 22.5 Å². The van der Waals surface area contributed by atoms with Crippen molar-refractivity contribution in [1.82, 2.24) is 15.4 Å². The van der Waals surface area contributed by atoms with Crippen molar-refractivity contribution in [2.45, 2.75) is 26.7 Å². The molecule has 0 spiro atoms. The first kappa shape index (κ1) is 13.4. The number of H-pyrrole nitrogens is 1. The Labute approximate surface area is 121 Å². The molecule has 0 radical (unpaired) electrons. The summed E-state index contributed by atoms with van der Waals surface area (Å²) in [5.41, 5.74) is 2.68. The third-order valence-corrected chi connectivity index (χ3v) is 3.34. The molecule has 0 saturated carbocycles. The zero-order valence-corrected chi connectivity index (χ0v) is 12.1. The SMILES string of the molecule is Cc1noc(C(C)C)c1C(=O)Nc1ccc2cn[nH]c2c1. The molecule has 3 aromatic rings. The maximum absolute atomic E-state index is 12.5. The summed E-state index contributed by atoms with van der Waals surface area (Å²) in [7, 11) is 0. The minimum Gasteiger partial charge on any atom is -0.360 e. The normalized spacial score (nSPS) is 11.2. The molecule has 0 atom stereocenters. The van der Waals surface area contributed by atoms with Gasteiger partial charge in [-0.2, -0.15) is 5.10 Å². The molecular weight excluding hydrogens is 268 g/mol. The zero-order chi connectivity index (χ0) is 15.0. The summed E-state index contributed by atoms with van der Waals surface area (Å²) in [5, 5.41) is 14.6. The number of carbonyl (C=O) groups excluding carboxylic acids is 1. The first-order chi connectivity index (χ1) is 10.1. The summed E-state index contributed by atoms with van der Waals surface area (Å²) in [6.45, 7) is 5.70. The zero-order valence-electron chi connectivity index (χ0n) is 12.1. The molecule has 0 aliphatic carbocycles. The fourth-order valence-electron chi connectivity index (χ4n) is 2.27. The summed E-state index contributed by atoms with van der Waals surface area (Å²) in [4.78, 5) is 12.5. The van der Waals surface area contributed by atoms with Gasteiger partial charge < -0.3 is 9.84 Å². The van der Waals surface area contributed by atoms with Crippen LogP contribution in [0.1, 0.15) is 41.6 Å². The summed E-state index contributed by atoms with van der Waals surface area (Å²) in [6.07, 6.45) is 1.74. The van der Waals surface area contributed by atoms with Gasteiger partial charge in [0.2, 0.25) is 0 Å². The van der Waals surface area contributed by atoms with E-state index in [4.69, 9.17) is 4.52 Å². The lowest BCUT2D eigenvalue weighted by Gasteiger charge is -2.07. The molecule has 1 aromatic carbocycles. The van der Waals surface area contributed by atoms with Crippen LogP contribution in [-0.4, -0.2) is 21.3 Å². The van der Waals surface area contributed by atoms with Crippen molar-refractivity contribution in [3.05, 3.63) is 41.4 Å². The molecule has 0 bridgehead atoms. The summed E-state index contributed by atoms with van der Waals surface area (Å²) in [6, 6.07) is 5.59. The minimum absolute atomic E-state index is 0.0991. The monoisotopic (exact) mass is 284 g/mol. The van der Waals surface area contributed by atoms with E-state index in [1.807, 2.05) is 32.0 Å². The molecule has 0 fully saturated rings. The van der Waals surface area contributed by atoms with Crippen LogP contribution in [0.25, 0.3) is 10.9 Å². The average molecular weight is 284 g/mol. The lowest BCUT2D eigenvalue weighted by Crippen LogP contribution is -2.14. The van der Waals surface area contributed by atoms with Crippen molar-refractivity contribution in [3.8, 4) is 0 Å². The third-order valence-electron chi connectivity index (χ3n) is 3.34. The molecule has 2 aromatic heterocycles. The number of fused-ring (bicyclic) bond motifs is 1. The first-order valence-corrected chi connectivity index (χ1v) is 6.77. The number of anilines is 1. The molecular formula is C15H16N4O2. The Hall–Kier alpha value is -2.63. The fraction of sp³-hybridized carbons (Fsp3) is 0.267. The smallest absolute Gasteiger partial charge is 0.261 e. The molecule has 1 amide bonds. The van der Waals surface area contributed by atoms with Crippen LogP contribution in [0.4, 0.5) is 5.69 Å². The number of aryl methyl sites for hydroxylation is 1. The predicted octanol–water partition coefficient (Wildman–Crippen LogP) is 3.24. The number of amides is 1. The summed E-state index contributed by atoms with van der Waals surface area (Å²) in [5.74, 6) is 0.492. The third kappa shape index (κ3) is 2.40. The highest BCUT2D eigenvalue weighted by Gasteiger charge is 2.22. The van der Waals surface area contributed by atoms with Gasteiger partial charge in [0, 0.05) is 17.0 Å². The van der Waals surface area contributed by atoms with E-state index in [0.717, 1.165) is 10.9 Å². The van der Waals surface area contributed by atoms with E-state index in [1.165, 1.54) is 0 Å². The number of aromatic amines is 1. The van der Waals surface area contributed by atoms with Crippen LogP contribution in [0.2, 0.25) is 0 Å². The van der Waals surface area contributed by atoms with Crippen LogP contribution < -0.4 is 5.32 Å². The van der Waals surface area contributed by atoms with E-state index in [2.05, 4.69) is 20.7 Å². The van der Waals surface area contributed by atoms with Gasteiger partial charge in [0.1, 0.15) is 5.56 Å². The largest absolute Gasteiger partial charge is 0.360 e. The highest BCUT2D eigenvalue weighted by molar-refractivity contribution is 6.06. The number of carbonyl (C=O) groups is 1. The molecule has 0 unspecified atom stereocenters. The van der Waals surface area contributed by atoms with Crippen LogP contribution in [0.5, 0.6) is 0 Å². The highest BCUT2D eigenvalue weighted by atomic mass is 16.5. The standard InChI is InChI=1S/C15H16N4O2/c1-8(2)14-13(9(3)19-21-14)15(20)17-11-5-4-10-7-16-18-12(10)6-11/h4-8H,1-3H3,(H,16,18)(H,17,20). The van der Waals surface area contributed by atoms with Gasteiger partial charge >= 0.3 is 0 Å². The second-order valence-electron chi connectivity index (χ2n) is 5.29. The molecule has 2 heterocycles. The highest BCUT2D eigenvalue weighted by Crippen LogP contribution is 2.24. The van der Waals surface area contributed by atoms with Gasteiger partial charge in [0.05, 0.1) is 17.4 Å². The first-order valence-electron chi connectivity index (χ1n) is 6.77. The quantitative estimate of drug-likeness (QED) is 0.773. The van der Waals surface area contributed by atoms with Crippen LogP contribution in [0.15, 0.2) is 28.9 Å². The van der Waals surface area contributed by atoms with Crippen molar-refractivity contribution in [2.24, 2.45) is 0 Å². The molecule has 6 nitrogen and oxygen atoms in total. The second kappa shape index (κ2) is 5.05. The lowest BCUT2D eigenvalue weighted by molar-refractivity contribution is 0.102. The molecule has 2 N–H and O–H groups in total. The number of hydrogen-bond donors (Lipinski definition) is 2. The maximum Gasteiger partial charge on any atom is 0.261 e. The fourth-order valence-corrected chi connectivity index (χ4v) is 2.27. The Balaban J connectivity index is 1.90. The summed E-state index contributed by atoms with van der Waals surface area (Å²) >= 11 is 0. The summed E-state index contributed by atoms with van der Waals surface area (Å²) < 4.78 is 5.25. The number of nitrogens with zero attached hydrogens (tertiary/aromatic N) is 2. The van der Waals surface area contributed by atoms with Gasteiger partial charge in [0.25, 0.3) is 5.91 Å². The topological polar surface area (TPSA) is 83.8 Å². The Morgan fingerprint density at radius 2 is 2.19 bits per heavy atom. The Kier molecular flexibility index (Phi) is 3.21. The van der Waals surface area contributed by atoms with Crippen molar-refractivity contribution < 1.29 is 9.32 Å². The molecule has 0 aliphatic heterocycles. The van der Waals surface area contributed by atoms with Crippen molar-refractivity contribution in [1.29, 1.82) is 0 Å². The van der Waals surface area contributed by atoms with Gasteiger partial charge in [-0.1, -0.05) is 19.0 Å².